The molecule has 0 saturated carbocycles. The third-order valence-electron chi connectivity index (χ3n) is 4.35. The van der Waals surface area contributed by atoms with Gasteiger partial charge in [0.25, 0.3) is 0 Å². The lowest BCUT2D eigenvalue weighted by Crippen LogP contribution is -2.51. The van der Waals surface area contributed by atoms with Gasteiger partial charge in [-0.05, 0) is 50.7 Å². The zero-order valence-corrected chi connectivity index (χ0v) is 11.7. The van der Waals surface area contributed by atoms with Crippen LogP contribution in [0.4, 0.5) is 0 Å². The van der Waals surface area contributed by atoms with Gasteiger partial charge in [-0.25, -0.2) is 0 Å². The first-order valence-electron chi connectivity index (χ1n) is 7.34. The average molecular weight is 253 g/mol. The summed E-state index contributed by atoms with van der Waals surface area (Å²) in [6.45, 7) is 9.53. The van der Waals surface area contributed by atoms with Crippen molar-refractivity contribution in [1.29, 1.82) is 0 Å². The molecule has 2 saturated heterocycles. The molecule has 2 atom stereocenters. The molecule has 2 aliphatic heterocycles. The summed E-state index contributed by atoms with van der Waals surface area (Å²) >= 11 is 0. The van der Waals surface area contributed by atoms with Crippen LogP contribution in [0.1, 0.15) is 33.1 Å². The molecule has 1 amide bonds. The summed E-state index contributed by atoms with van der Waals surface area (Å²) in [6, 6.07) is 0.732. The SMILES string of the molecule is CC(=O)NCC1CCN(C2CNCC(C)C2)CC1. The molecular formula is C14H27N3O. The van der Waals surface area contributed by atoms with Crippen molar-refractivity contribution in [3.8, 4) is 0 Å². The van der Waals surface area contributed by atoms with Gasteiger partial charge in [-0.2, -0.15) is 0 Å². The summed E-state index contributed by atoms with van der Waals surface area (Å²) in [7, 11) is 0. The Balaban J connectivity index is 1.71. The van der Waals surface area contributed by atoms with Crippen molar-refractivity contribution >= 4 is 5.91 Å². The molecule has 2 N–H and O–H groups in total. The first kappa shape index (κ1) is 13.8. The lowest BCUT2D eigenvalue weighted by molar-refractivity contribution is -0.119. The number of hydrogen-bond donors (Lipinski definition) is 2. The van der Waals surface area contributed by atoms with Gasteiger partial charge in [0.15, 0.2) is 0 Å². The molecule has 4 heteroatoms. The monoisotopic (exact) mass is 253 g/mol. The highest BCUT2D eigenvalue weighted by Gasteiger charge is 2.28. The first-order valence-corrected chi connectivity index (χ1v) is 7.34. The first-order chi connectivity index (χ1) is 8.65. The number of nitrogens with zero attached hydrogens (tertiary/aromatic N) is 1. The Bertz CT molecular complexity index is 274. The second kappa shape index (κ2) is 6.53. The highest BCUT2D eigenvalue weighted by molar-refractivity contribution is 5.72. The van der Waals surface area contributed by atoms with Crippen LogP contribution in [0.2, 0.25) is 0 Å². The van der Waals surface area contributed by atoms with Crippen LogP contribution < -0.4 is 10.6 Å². The predicted octanol–water partition coefficient (Wildman–Crippen LogP) is 0.833. The molecule has 2 rings (SSSR count). The molecule has 2 unspecified atom stereocenters. The Morgan fingerprint density at radius 3 is 2.67 bits per heavy atom. The van der Waals surface area contributed by atoms with E-state index < -0.39 is 0 Å². The van der Waals surface area contributed by atoms with E-state index >= 15 is 0 Å². The van der Waals surface area contributed by atoms with E-state index in [9.17, 15) is 4.79 Å². The molecular weight excluding hydrogens is 226 g/mol. The van der Waals surface area contributed by atoms with Gasteiger partial charge in [-0.15, -0.1) is 0 Å². The summed E-state index contributed by atoms with van der Waals surface area (Å²) in [5.41, 5.74) is 0. The number of likely N-dealkylation sites (tertiary alicyclic amines) is 1. The number of carbonyl (C=O) groups is 1. The van der Waals surface area contributed by atoms with Crippen LogP contribution in [0.15, 0.2) is 0 Å². The van der Waals surface area contributed by atoms with Crippen molar-refractivity contribution < 1.29 is 4.79 Å². The number of carbonyl (C=O) groups excluding carboxylic acids is 1. The van der Waals surface area contributed by atoms with E-state index in [0.717, 1.165) is 25.0 Å². The highest BCUT2D eigenvalue weighted by atomic mass is 16.1. The second-order valence-electron chi connectivity index (χ2n) is 6.07. The van der Waals surface area contributed by atoms with Gasteiger partial charge >= 0.3 is 0 Å². The van der Waals surface area contributed by atoms with Gasteiger partial charge in [0.1, 0.15) is 0 Å². The van der Waals surface area contributed by atoms with E-state index in [4.69, 9.17) is 0 Å². The van der Waals surface area contributed by atoms with E-state index in [-0.39, 0.29) is 5.91 Å². The maximum Gasteiger partial charge on any atom is 0.216 e. The Labute approximate surface area is 110 Å². The van der Waals surface area contributed by atoms with Crippen molar-refractivity contribution in [2.45, 2.75) is 39.2 Å². The van der Waals surface area contributed by atoms with E-state index in [1.165, 1.54) is 38.9 Å². The molecule has 0 aromatic rings. The van der Waals surface area contributed by atoms with Crippen LogP contribution in [-0.2, 0) is 4.79 Å². The maximum absolute atomic E-state index is 10.9. The molecule has 4 nitrogen and oxygen atoms in total. The summed E-state index contributed by atoms with van der Waals surface area (Å²) in [6.07, 6.45) is 3.79. The van der Waals surface area contributed by atoms with Crippen molar-refractivity contribution in [1.82, 2.24) is 15.5 Å². The fraction of sp³-hybridized carbons (Fsp3) is 0.929. The zero-order valence-electron chi connectivity index (χ0n) is 11.7. The fourth-order valence-corrected chi connectivity index (χ4v) is 3.22. The lowest BCUT2D eigenvalue weighted by Gasteiger charge is -2.41. The quantitative estimate of drug-likeness (QED) is 0.783. The van der Waals surface area contributed by atoms with E-state index in [1.807, 2.05) is 0 Å². The molecule has 2 aliphatic rings. The van der Waals surface area contributed by atoms with Crippen LogP contribution in [0, 0.1) is 11.8 Å². The number of amides is 1. The van der Waals surface area contributed by atoms with Crippen LogP contribution in [-0.4, -0.2) is 49.6 Å². The molecule has 0 aromatic carbocycles. The van der Waals surface area contributed by atoms with Gasteiger partial charge in [-0.1, -0.05) is 6.92 Å². The van der Waals surface area contributed by atoms with E-state index in [1.54, 1.807) is 6.92 Å². The summed E-state index contributed by atoms with van der Waals surface area (Å²) in [5.74, 6) is 1.59. The lowest BCUT2D eigenvalue weighted by atomic mass is 9.91. The summed E-state index contributed by atoms with van der Waals surface area (Å²) < 4.78 is 0. The summed E-state index contributed by atoms with van der Waals surface area (Å²) in [4.78, 5) is 13.6. The number of hydrogen-bond acceptors (Lipinski definition) is 3. The van der Waals surface area contributed by atoms with Crippen LogP contribution in [0.3, 0.4) is 0 Å². The molecule has 18 heavy (non-hydrogen) atoms. The standard InChI is InChI=1S/C14H27N3O/c1-11-7-14(10-15-8-11)17-5-3-13(4-6-17)9-16-12(2)18/h11,13-15H,3-10H2,1-2H3,(H,16,18). The smallest absolute Gasteiger partial charge is 0.216 e. The van der Waals surface area contributed by atoms with Crippen molar-refractivity contribution in [3.05, 3.63) is 0 Å². The molecule has 0 aromatic heterocycles. The third kappa shape index (κ3) is 3.95. The summed E-state index contributed by atoms with van der Waals surface area (Å²) in [5, 5.41) is 6.48. The minimum Gasteiger partial charge on any atom is -0.356 e. The van der Waals surface area contributed by atoms with Crippen LogP contribution >= 0.6 is 0 Å². The van der Waals surface area contributed by atoms with Gasteiger partial charge in [-0.3, -0.25) is 9.69 Å². The minimum absolute atomic E-state index is 0.0998. The molecule has 104 valence electrons. The fourth-order valence-electron chi connectivity index (χ4n) is 3.22. The third-order valence-corrected chi connectivity index (χ3v) is 4.35. The van der Waals surface area contributed by atoms with Gasteiger partial charge in [0, 0.05) is 26.1 Å². The molecule has 0 aliphatic carbocycles. The molecule has 0 radical (unpaired) electrons. The maximum atomic E-state index is 10.9. The van der Waals surface area contributed by atoms with E-state index in [0.29, 0.717) is 5.92 Å². The van der Waals surface area contributed by atoms with Gasteiger partial charge in [0.2, 0.25) is 5.91 Å². The number of piperidine rings is 2. The van der Waals surface area contributed by atoms with Crippen molar-refractivity contribution in [3.63, 3.8) is 0 Å². The molecule has 2 heterocycles. The number of nitrogens with one attached hydrogen (secondary N) is 2. The van der Waals surface area contributed by atoms with Crippen LogP contribution in [0.5, 0.6) is 0 Å². The Morgan fingerprint density at radius 2 is 2.06 bits per heavy atom. The zero-order chi connectivity index (χ0) is 13.0. The normalized spacial score (nSPS) is 31.2. The largest absolute Gasteiger partial charge is 0.356 e. The van der Waals surface area contributed by atoms with Crippen LogP contribution in [0.25, 0.3) is 0 Å². The molecule has 0 bridgehead atoms. The molecule has 0 spiro atoms. The van der Waals surface area contributed by atoms with Crippen molar-refractivity contribution in [2.24, 2.45) is 11.8 Å². The second-order valence-corrected chi connectivity index (χ2v) is 6.07. The Kier molecular flexibility index (Phi) is 5.01. The molecule has 2 fully saturated rings. The Morgan fingerprint density at radius 1 is 1.33 bits per heavy atom. The minimum atomic E-state index is 0.0998. The van der Waals surface area contributed by atoms with E-state index in [2.05, 4.69) is 22.5 Å². The van der Waals surface area contributed by atoms with Gasteiger partial charge in [0.05, 0.1) is 0 Å². The highest BCUT2D eigenvalue weighted by Crippen LogP contribution is 2.22. The Hall–Kier alpha value is -0.610. The van der Waals surface area contributed by atoms with Crippen molar-refractivity contribution in [2.75, 3.05) is 32.7 Å². The van der Waals surface area contributed by atoms with Gasteiger partial charge < -0.3 is 10.6 Å². The number of rotatable bonds is 3. The average Bonchev–Trinajstić information content (AvgIpc) is 2.37. The topological polar surface area (TPSA) is 44.4 Å². The predicted molar refractivity (Wildman–Crippen MR) is 73.4 cm³/mol.